The number of rotatable bonds is 13. The van der Waals surface area contributed by atoms with Gasteiger partial charge < -0.3 is 20.0 Å². The third-order valence-electron chi connectivity index (χ3n) is 8.17. The van der Waals surface area contributed by atoms with Crippen molar-refractivity contribution in [3.05, 3.63) is 138 Å². The molecule has 8 heteroatoms. The number of amides is 3. The van der Waals surface area contributed by atoms with Crippen LogP contribution in [0.25, 0.3) is 0 Å². The van der Waals surface area contributed by atoms with E-state index in [1.165, 1.54) is 4.90 Å². The van der Waals surface area contributed by atoms with E-state index in [1.807, 2.05) is 78.9 Å². The van der Waals surface area contributed by atoms with Crippen LogP contribution in [-0.2, 0) is 33.1 Å². The Morgan fingerprint density at radius 2 is 1.51 bits per heavy atom. The average Bonchev–Trinajstić information content (AvgIpc) is 3.28. The third kappa shape index (κ3) is 6.72. The van der Waals surface area contributed by atoms with Gasteiger partial charge in [-0.1, -0.05) is 97.9 Å². The van der Waals surface area contributed by atoms with Crippen molar-refractivity contribution in [2.75, 3.05) is 23.0 Å². The zero-order valence-corrected chi connectivity index (χ0v) is 25.2. The fourth-order valence-corrected chi connectivity index (χ4v) is 5.73. The second kappa shape index (κ2) is 14.2. The van der Waals surface area contributed by atoms with Crippen molar-refractivity contribution in [2.24, 2.45) is 5.92 Å². The molecule has 0 radical (unpaired) electrons. The van der Waals surface area contributed by atoms with Crippen LogP contribution in [0.2, 0.25) is 0 Å². The highest BCUT2D eigenvalue weighted by Gasteiger charge is 2.52. The second-order valence-corrected chi connectivity index (χ2v) is 11.1. The molecule has 230 valence electrons. The smallest absolute Gasteiger partial charge is 0.264 e. The summed E-state index contributed by atoms with van der Waals surface area (Å²) in [4.78, 5) is 44.0. The van der Waals surface area contributed by atoms with Crippen LogP contribution >= 0.6 is 0 Å². The van der Waals surface area contributed by atoms with E-state index < -0.39 is 17.4 Å². The summed E-state index contributed by atoms with van der Waals surface area (Å²) in [6.07, 6.45) is 4.09. The number of hydrogen-bond acceptors (Lipinski definition) is 5. The van der Waals surface area contributed by atoms with Crippen LogP contribution < -0.4 is 9.80 Å². The first-order valence-corrected chi connectivity index (χ1v) is 15.0. The zero-order chi connectivity index (χ0) is 31.8. The zero-order valence-electron chi connectivity index (χ0n) is 25.2. The van der Waals surface area contributed by atoms with Gasteiger partial charge in [0.2, 0.25) is 12.3 Å². The standard InChI is InChI=1S/C37H37N3O5/c1-28(12-11-19-35(43)38(22-23-41)25-29-13-5-2-6-14-29)37(45)33-24-32(40(27-42)31-17-9-4-10-18-31)20-21-34(33)39(36(37)44)26-30-15-7-3-8-16-30/h2-18,20-21,24,27-28,41,45H,19,22-23,25-26H2,1H3/b12-11+/t28-,37+/m1/s1. The Hall–Kier alpha value is -5.05. The molecule has 0 saturated carbocycles. The highest BCUT2D eigenvalue weighted by molar-refractivity contribution is 6.08. The van der Waals surface area contributed by atoms with Gasteiger partial charge in [0, 0.05) is 42.4 Å². The van der Waals surface area contributed by atoms with Gasteiger partial charge in [0.05, 0.1) is 18.8 Å². The maximum Gasteiger partial charge on any atom is 0.264 e. The number of nitrogens with zero attached hydrogens (tertiary/aromatic N) is 3. The normalized spacial score (nSPS) is 16.4. The summed E-state index contributed by atoms with van der Waals surface area (Å²) in [7, 11) is 0. The molecule has 4 aromatic rings. The lowest BCUT2D eigenvalue weighted by atomic mass is 9.82. The van der Waals surface area contributed by atoms with Crippen molar-refractivity contribution in [1.82, 2.24) is 4.90 Å². The van der Waals surface area contributed by atoms with Crippen LogP contribution in [0.15, 0.2) is 121 Å². The van der Waals surface area contributed by atoms with Gasteiger partial charge in [-0.25, -0.2) is 0 Å². The van der Waals surface area contributed by atoms with Crippen molar-refractivity contribution in [2.45, 2.75) is 32.0 Å². The summed E-state index contributed by atoms with van der Waals surface area (Å²) in [6.45, 7) is 2.40. The van der Waals surface area contributed by atoms with Gasteiger partial charge in [-0.2, -0.15) is 0 Å². The first kappa shape index (κ1) is 31.4. The molecule has 5 rings (SSSR count). The number of carbonyl (C=O) groups excluding carboxylic acids is 3. The number of hydrogen-bond donors (Lipinski definition) is 2. The van der Waals surface area contributed by atoms with E-state index in [0.29, 0.717) is 35.6 Å². The predicted molar refractivity (Wildman–Crippen MR) is 174 cm³/mol. The van der Waals surface area contributed by atoms with E-state index in [-0.39, 0.29) is 32.0 Å². The molecule has 45 heavy (non-hydrogen) atoms. The lowest BCUT2D eigenvalue weighted by Crippen LogP contribution is -2.44. The number of fused-ring (bicyclic) bond motifs is 1. The summed E-state index contributed by atoms with van der Waals surface area (Å²) >= 11 is 0. The van der Waals surface area contributed by atoms with Crippen molar-refractivity contribution in [3.63, 3.8) is 0 Å². The van der Waals surface area contributed by atoms with Crippen LogP contribution in [0, 0.1) is 5.92 Å². The van der Waals surface area contributed by atoms with E-state index in [4.69, 9.17) is 0 Å². The van der Waals surface area contributed by atoms with Gasteiger partial charge in [-0.3, -0.25) is 19.3 Å². The molecule has 0 bridgehead atoms. The van der Waals surface area contributed by atoms with E-state index in [9.17, 15) is 24.6 Å². The molecule has 0 saturated heterocycles. The molecule has 0 fully saturated rings. The maximum atomic E-state index is 14.1. The van der Waals surface area contributed by atoms with Gasteiger partial charge in [-0.05, 0) is 41.5 Å². The Kier molecular flexibility index (Phi) is 9.87. The molecule has 2 N–H and O–H groups in total. The van der Waals surface area contributed by atoms with Crippen molar-refractivity contribution in [3.8, 4) is 0 Å². The lowest BCUT2D eigenvalue weighted by molar-refractivity contribution is -0.139. The van der Waals surface area contributed by atoms with Gasteiger partial charge in [-0.15, -0.1) is 0 Å². The predicted octanol–water partition coefficient (Wildman–Crippen LogP) is 5.32. The van der Waals surface area contributed by atoms with Gasteiger partial charge in [0.15, 0.2) is 5.60 Å². The monoisotopic (exact) mass is 603 g/mol. The SMILES string of the molecule is C[C@H](/C=C/CC(=O)N(CCO)Cc1ccccc1)[C@@]1(O)C(=O)N(Cc2ccccc2)c2ccc(N(C=O)c3ccccc3)cc21. The minimum atomic E-state index is -1.94. The Labute approximate surface area is 263 Å². The first-order valence-electron chi connectivity index (χ1n) is 15.0. The van der Waals surface area contributed by atoms with E-state index in [1.54, 1.807) is 59.2 Å². The summed E-state index contributed by atoms with van der Waals surface area (Å²) < 4.78 is 0. The average molecular weight is 604 g/mol. The third-order valence-corrected chi connectivity index (χ3v) is 8.17. The molecular formula is C37H37N3O5. The molecule has 1 aliphatic rings. The minimum Gasteiger partial charge on any atom is -0.395 e. The summed E-state index contributed by atoms with van der Waals surface area (Å²) in [5, 5.41) is 21.8. The second-order valence-electron chi connectivity index (χ2n) is 11.1. The van der Waals surface area contributed by atoms with Crippen molar-refractivity contribution >= 4 is 35.3 Å². The molecule has 0 aromatic heterocycles. The Morgan fingerprint density at radius 1 is 0.889 bits per heavy atom. The number of aliphatic hydroxyl groups excluding tert-OH is 1. The Bertz CT molecular complexity index is 1640. The topological polar surface area (TPSA) is 101 Å². The van der Waals surface area contributed by atoms with Crippen LogP contribution in [-0.4, -0.2) is 46.5 Å². The highest BCUT2D eigenvalue weighted by Crippen LogP contribution is 2.47. The van der Waals surface area contributed by atoms with Crippen molar-refractivity contribution in [1.29, 1.82) is 0 Å². The van der Waals surface area contributed by atoms with Crippen LogP contribution in [0.3, 0.4) is 0 Å². The van der Waals surface area contributed by atoms with E-state index in [2.05, 4.69) is 0 Å². The summed E-state index contributed by atoms with van der Waals surface area (Å²) in [5.74, 6) is -1.38. The molecule has 4 aromatic carbocycles. The van der Waals surface area contributed by atoms with Crippen LogP contribution in [0.5, 0.6) is 0 Å². The molecule has 8 nitrogen and oxygen atoms in total. The number of aliphatic hydroxyl groups is 2. The van der Waals surface area contributed by atoms with Crippen LogP contribution in [0.4, 0.5) is 17.1 Å². The molecule has 0 unspecified atom stereocenters. The fraction of sp³-hybridized carbons (Fsp3) is 0.216. The number of benzene rings is 4. The molecule has 3 amide bonds. The van der Waals surface area contributed by atoms with Gasteiger partial charge >= 0.3 is 0 Å². The number of carbonyl (C=O) groups is 3. The lowest BCUT2D eigenvalue weighted by Gasteiger charge is -2.28. The van der Waals surface area contributed by atoms with E-state index >= 15 is 0 Å². The van der Waals surface area contributed by atoms with Crippen molar-refractivity contribution < 1.29 is 24.6 Å². The van der Waals surface area contributed by atoms with Gasteiger partial charge in [0.25, 0.3) is 5.91 Å². The molecule has 1 heterocycles. The molecule has 0 aliphatic carbocycles. The van der Waals surface area contributed by atoms with E-state index in [0.717, 1.165) is 11.1 Å². The molecule has 2 atom stereocenters. The Balaban J connectivity index is 1.44. The quantitative estimate of drug-likeness (QED) is 0.159. The number of para-hydroxylation sites is 1. The number of anilines is 3. The fourth-order valence-electron chi connectivity index (χ4n) is 5.73. The summed E-state index contributed by atoms with van der Waals surface area (Å²) in [5.41, 5.74) is 2.01. The first-order chi connectivity index (χ1) is 21.9. The molecular weight excluding hydrogens is 566 g/mol. The molecule has 0 spiro atoms. The summed E-state index contributed by atoms with van der Waals surface area (Å²) in [6, 6.07) is 33.4. The largest absolute Gasteiger partial charge is 0.395 e. The van der Waals surface area contributed by atoms with Crippen LogP contribution in [0.1, 0.15) is 30.0 Å². The minimum absolute atomic E-state index is 0.0367. The Morgan fingerprint density at radius 3 is 2.13 bits per heavy atom. The maximum absolute atomic E-state index is 14.1. The van der Waals surface area contributed by atoms with Gasteiger partial charge in [0.1, 0.15) is 0 Å². The highest BCUT2D eigenvalue weighted by atomic mass is 16.3. The molecule has 1 aliphatic heterocycles.